The van der Waals surface area contributed by atoms with Gasteiger partial charge in [-0.05, 0) is 48.6 Å². The maximum atomic E-state index is 13.8. The van der Waals surface area contributed by atoms with Crippen LogP contribution in [0.3, 0.4) is 0 Å². The fourth-order valence-electron chi connectivity index (χ4n) is 5.43. The van der Waals surface area contributed by atoms with Crippen LogP contribution >= 0.6 is 0 Å². The van der Waals surface area contributed by atoms with Crippen molar-refractivity contribution in [2.45, 2.75) is 39.4 Å². The van der Waals surface area contributed by atoms with Crippen molar-refractivity contribution < 1.29 is 14.3 Å². The van der Waals surface area contributed by atoms with Crippen LogP contribution in [0.1, 0.15) is 29.5 Å². The number of hydrogen-bond donors (Lipinski definition) is 0. The molecular weight excluding hydrogens is 528 g/mol. The Morgan fingerprint density at radius 2 is 1.57 bits per heavy atom. The van der Waals surface area contributed by atoms with Gasteiger partial charge in [-0.2, -0.15) is 5.10 Å². The van der Waals surface area contributed by atoms with E-state index >= 15 is 0 Å². The first kappa shape index (κ1) is 29.0. The minimum Gasteiger partial charge on any atom is -0.484 e. The molecule has 1 aliphatic rings. The van der Waals surface area contributed by atoms with Crippen molar-refractivity contribution >= 4 is 17.5 Å². The fourth-order valence-corrected chi connectivity index (χ4v) is 5.43. The van der Waals surface area contributed by atoms with Gasteiger partial charge >= 0.3 is 0 Å². The predicted molar refractivity (Wildman–Crippen MR) is 162 cm³/mol. The van der Waals surface area contributed by atoms with Crippen molar-refractivity contribution in [2.75, 3.05) is 37.7 Å². The van der Waals surface area contributed by atoms with Gasteiger partial charge in [0.15, 0.2) is 6.61 Å². The van der Waals surface area contributed by atoms with Crippen molar-refractivity contribution in [2.24, 2.45) is 0 Å². The van der Waals surface area contributed by atoms with Gasteiger partial charge in [0.25, 0.3) is 5.91 Å². The van der Waals surface area contributed by atoms with E-state index < -0.39 is 0 Å². The minimum atomic E-state index is -0.110. The number of carbonyl (C=O) groups excluding carboxylic acids is 2. The summed E-state index contributed by atoms with van der Waals surface area (Å²) in [7, 11) is 0. The smallest absolute Gasteiger partial charge is 0.264 e. The van der Waals surface area contributed by atoms with E-state index in [9.17, 15) is 9.59 Å². The summed E-state index contributed by atoms with van der Waals surface area (Å²) in [6, 6.07) is 25.9. The molecule has 0 fully saturated rings. The Kier molecular flexibility index (Phi) is 9.95. The third kappa shape index (κ3) is 7.82. The Labute approximate surface area is 247 Å². The molecule has 2 amide bonds. The first-order chi connectivity index (χ1) is 20.6. The molecule has 4 aromatic rings. The molecule has 1 aliphatic heterocycles. The Hall–Kier alpha value is -4.50. The molecule has 5 rings (SSSR count). The number of hydrogen-bond acceptors (Lipinski definition) is 6. The molecule has 0 radical (unpaired) electrons. The van der Waals surface area contributed by atoms with E-state index in [0.717, 1.165) is 49.3 Å². The van der Waals surface area contributed by atoms with Crippen molar-refractivity contribution in [1.82, 2.24) is 24.6 Å². The van der Waals surface area contributed by atoms with Crippen LogP contribution < -0.4 is 9.64 Å². The summed E-state index contributed by atoms with van der Waals surface area (Å²) < 4.78 is 7.43. The Morgan fingerprint density at radius 1 is 0.833 bits per heavy atom. The van der Waals surface area contributed by atoms with Crippen molar-refractivity contribution in [1.29, 1.82) is 0 Å². The summed E-state index contributed by atoms with van der Waals surface area (Å²) in [5.74, 6) is 0.510. The molecule has 0 bridgehead atoms. The largest absolute Gasteiger partial charge is 0.484 e. The van der Waals surface area contributed by atoms with E-state index in [1.807, 2.05) is 71.3 Å². The van der Waals surface area contributed by atoms with Crippen LogP contribution in [0.25, 0.3) is 0 Å². The number of ether oxygens (including phenoxy) is 1. The number of rotatable bonds is 7. The summed E-state index contributed by atoms with van der Waals surface area (Å²) in [5, 5.41) is 4.13. The third-order valence-electron chi connectivity index (χ3n) is 7.48. The molecular formula is C33H38N6O3. The summed E-state index contributed by atoms with van der Waals surface area (Å²) in [6.07, 6.45) is 4.64. The highest BCUT2D eigenvalue weighted by molar-refractivity contribution is 5.96. The molecule has 42 heavy (non-hydrogen) atoms. The first-order valence-corrected chi connectivity index (χ1v) is 14.5. The highest BCUT2D eigenvalue weighted by atomic mass is 16.5. The second-order valence-corrected chi connectivity index (χ2v) is 10.6. The van der Waals surface area contributed by atoms with E-state index in [2.05, 4.69) is 39.2 Å². The van der Waals surface area contributed by atoms with Crippen LogP contribution in [0, 0.1) is 6.92 Å². The lowest BCUT2D eigenvalue weighted by Gasteiger charge is -2.32. The molecule has 0 unspecified atom stereocenters. The van der Waals surface area contributed by atoms with Gasteiger partial charge in [-0.15, -0.1) is 0 Å². The second-order valence-electron chi connectivity index (χ2n) is 10.6. The van der Waals surface area contributed by atoms with Gasteiger partial charge in [0.1, 0.15) is 24.9 Å². The number of para-hydroxylation sites is 2. The summed E-state index contributed by atoms with van der Waals surface area (Å²) in [4.78, 5) is 37.5. The van der Waals surface area contributed by atoms with E-state index in [0.29, 0.717) is 25.4 Å². The molecule has 0 atom stereocenters. The normalized spacial score (nSPS) is 14.9. The van der Waals surface area contributed by atoms with Crippen LogP contribution in [0.4, 0.5) is 5.69 Å². The van der Waals surface area contributed by atoms with E-state index in [1.54, 1.807) is 11.0 Å². The monoisotopic (exact) mass is 566 g/mol. The molecule has 9 nitrogen and oxygen atoms in total. The lowest BCUT2D eigenvalue weighted by atomic mass is 10.0. The van der Waals surface area contributed by atoms with Gasteiger partial charge in [0.2, 0.25) is 5.91 Å². The van der Waals surface area contributed by atoms with Gasteiger partial charge in [-0.3, -0.25) is 14.5 Å². The zero-order chi connectivity index (χ0) is 29.1. The number of fused-ring (bicyclic) bond motifs is 1. The molecule has 218 valence electrons. The lowest BCUT2D eigenvalue weighted by molar-refractivity contribution is -0.132. The Bertz CT molecular complexity index is 1430. The number of aryl methyl sites for hydroxylation is 1. The van der Waals surface area contributed by atoms with Crippen LogP contribution in [0.15, 0.2) is 91.5 Å². The molecule has 0 spiro atoms. The number of aromatic nitrogens is 3. The van der Waals surface area contributed by atoms with E-state index in [1.165, 1.54) is 11.9 Å². The molecule has 0 saturated carbocycles. The predicted octanol–water partition coefficient (Wildman–Crippen LogP) is 4.32. The average Bonchev–Trinajstić information content (AvgIpc) is 3.51. The highest BCUT2D eigenvalue weighted by Gasteiger charge is 2.25. The number of nitrogens with zero attached hydrogens (tertiary/aromatic N) is 6. The van der Waals surface area contributed by atoms with Crippen molar-refractivity contribution in [3.63, 3.8) is 0 Å². The average molecular weight is 567 g/mol. The molecule has 1 aromatic heterocycles. The number of carbonyl (C=O) groups is 2. The SMILES string of the molecule is Cc1cccc2c1N(C(=O)COc1ccccc1)CCCN(Cc1ccccc1)CCCN(C(=O)Cn1cncn1)C2. The quantitative estimate of drug-likeness (QED) is 0.331. The fraction of sp³-hybridized carbons (Fsp3) is 0.333. The summed E-state index contributed by atoms with van der Waals surface area (Å²) in [5.41, 5.74) is 4.03. The van der Waals surface area contributed by atoms with Gasteiger partial charge in [-0.25, -0.2) is 9.67 Å². The molecule has 0 aliphatic carbocycles. The molecule has 0 saturated heterocycles. The molecule has 2 heterocycles. The van der Waals surface area contributed by atoms with Gasteiger partial charge < -0.3 is 14.5 Å². The van der Waals surface area contributed by atoms with Crippen LogP contribution in [0.5, 0.6) is 5.75 Å². The van der Waals surface area contributed by atoms with Gasteiger partial charge in [0.05, 0.1) is 5.69 Å². The lowest BCUT2D eigenvalue weighted by Crippen LogP contribution is -2.41. The van der Waals surface area contributed by atoms with Crippen LogP contribution in [-0.2, 0) is 29.2 Å². The van der Waals surface area contributed by atoms with Crippen LogP contribution in [-0.4, -0.2) is 69.2 Å². The van der Waals surface area contributed by atoms with Crippen molar-refractivity contribution in [3.05, 3.63) is 108 Å². The molecule has 3 aromatic carbocycles. The number of anilines is 1. The molecule has 9 heteroatoms. The van der Waals surface area contributed by atoms with Gasteiger partial charge in [0, 0.05) is 39.3 Å². The number of amides is 2. The zero-order valence-corrected chi connectivity index (χ0v) is 24.1. The zero-order valence-electron chi connectivity index (χ0n) is 24.1. The first-order valence-electron chi connectivity index (χ1n) is 14.5. The second kappa shape index (κ2) is 14.4. The van der Waals surface area contributed by atoms with E-state index in [4.69, 9.17) is 4.74 Å². The maximum absolute atomic E-state index is 13.8. The molecule has 0 N–H and O–H groups in total. The highest BCUT2D eigenvalue weighted by Crippen LogP contribution is 2.28. The van der Waals surface area contributed by atoms with Crippen LogP contribution in [0.2, 0.25) is 0 Å². The number of benzene rings is 3. The summed E-state index contributed by atoms with van der Waals surface area (Å²) in [6.45, 7) is 6.08. The topological polar surface area (TPSA) is 83.8 Å². The Morgan fingerprint density at radius 3 is 2.31 bits per heavy atom. The third-order valence-corrected chi connectivity index (χ3v) is 7.48. The minimum absolute atomic E-state index is 0.0371. The summed E-state index contributed by atoms with van der Waals surface area (Å²) >= 11 is 0. The Balaban J connectivity index is 1.43. The van der Waals surface area contributed by atoms with E-state index in [-0.39, 0.29) is 25.0 Å². The maximum Gasteiger partial charge on any atom is 0.264 e. The standard InChI is InChI=1S/C33H38N6O3/c1-27-11-8-14-29-22-37(31(40)23-38-26-34-25-35-38)19-9-17-36(21-28-12-4-2-5-13-28)18-10-20-39(33(27)29)32(41)24-42-30-15-6-3-7-16-30/h2-8,11-16,25-26H,9-10,17-24H2,1H3. The van der Waals surface area contributed by atoms with Gasteiger partial charge in [-0.1, -0.05) is 66.7 Å². The van der Waals surface area contributed by atoms with Crippen molar-refractivity contribution in [3.8, 4) is 5.75 Å².